The third kappa shape index (κ3) is 1.35. The number of nitrogens with zero attached hydrogens (tertiary/aromatic N) is 1. The van der Waals surface area contributed by atoms with Gasteiger partial charge in [0, 0.05) is 12.1 Å². The van der Waals surface area contributed by atoms with Crippen molar-refractivity contribution in [3.8, 4) is 0 Å². The highest BCUT2D eigenvalue weighted by Gasteiger charge is 2.16. The molecule has 0 bridgehead atoms. The van der Waals surface area contributed by atoms with Crippen molar-refractivity contribution in [1.29, 1.82) is 0 Å². The monoisotopic (exact) mass is 219 g/mol. The maximum Gasteiger partial charge on any atom is 0.224 e. The van der Waals surface area contributed by atoms with Crippen molar-refractivity contribution in [1.82, 2.24) is 4.98 Å². The second kappa shape index (κ2) is 2.93. The molecule has 0 unspecified atom stereocenters. The molecule has 3 rings (SSSR count). The van der Waals surface area contributed by atoms with E-state index in [1.54, 1.807) is 0 Å². The minimum Gasteiger partial charge on any atom is -0.375 e. The first-order valence-corrected chi connectivity index (χ1v) is 5.53. The molecule has 2 aromatic rings. The lowest BCUT2D eigenvalue weighted by Gasteiger charge is -2.15. The van der Waals surface area contributed by atoms with E-state index in [-0.39, 0.29) is 5.91 Å². The van der Waals surface area contributed by atoms with E-state index in [4.69, 9.17) is 5.73 Å². The van der Waals surface area contributed by atoms with Crippen LogP contribution in [0.15, 0.2) is 12.1 Å². The summed E-state index contributed by atoms with van der Waals surface area (Å²) in [6.07, 6.45) is 1.36. The van der Waals surface area contributed by atoms with E-state index in [0.29, 0.717) is 11.6 Å². The van der Waals surface area contributed by atoms with Crippen LogP contribution in [0, 0.1) is 0 Å². The van der Waals surface area contributed by atoms with E-state index >= 15 is 0 Å². The van der Waals surface area contributed by atoms with Crippen molar-refractivity contribution >= 4 is 38.3 Å². The number of hydrogen-bond donors (Lipinski definition) is 2. The summed E-state index contributed by atoms with van der Waals surface area (Å²) in [7, 11) is 0. The number of nitrogen functional groups attached to an aromatic ring is 1. The Labute approximate surface area is 90.1 Å². The molecular weight excluding hydrogens is 210 g/mol. The largest absolute Gasteiger partial charge is 0.375 e. The Balaban J connectivity index is 2.23. The fourth-order valence-electron chi connectivity index (χ4n) is 1.82. The van der Waals surface area contributed by atoms with Crippen molar-refractivity contribution in [2.24, 2.45) is 0 Å². The SMILES string of the molecule is Nc1nc2cc3c(cc2s1)CCC(=O)N3. The Kier molecular flexibility index (Phi) is 1.70. The molecule has 1 aromatic heterocycles. The molecule has 5 heteroatoms. The minimum absolute atomic E-state index is 0.0741. The van der Waals surface area contributed by atoms with Gasteiger partial charge in [-0.25, -0.2) is 4.98 Å². The van der Waals surface area contributed by atoms with Crippen LogP contribution in [0.1, 0.15) is 12.0 Å². The normalized spacial score (nSPS) is 15.1. The second-order valence-electron chi connectivity index (χ2n) is 3.58. The van der Waals surface area contributed by atoms with E-state index in [1.165, 1.54) is 16.9 Å². The van der Waals surface area contributed by atoms with Crippen molar-refractivity contribution in [3.63, 3.8) is 0 Å². The van der Waals surface area contributed by atoms with Crippen LogP contribution in [0.3, 0.4) is 0 Å². The number of amides is 1. The zero-order valence-electron chi connectivity index (χ0n) is 7.91. The van der Waals surface area contributed by atoms with E-state index in [1.807, 2.05) is 6.07 Å². The number of rotatable bonds is 0. The topological polar surface area (TPSA) is 68.0 Å². The molecule has 3 N–H and O–H groups in total. The number of nitrogens with one attached hydrogen (secondary N) is 1. The molecule has 1 amide bonds. The molecule has 76 valence electrons. The number of nitrogens with two attached hydrogens (primary N) is 1. The summed E-state index contributed by atoms with van der Waals surface area (Å²) in [6, 6.07) is 3.96. The molecule has 0 saturated carbocycles. The van der Waals surface area contributed by atoms with Crippen LogP contribution < -0.4 is 11.1 Å². The third-order valence-electron chi connectivity index (χ3n) is 2.53. The smallest absolute Gasteiger partial charge is 0.224 e. The van der Waals surface area contributed by atoms with E-state index in [2.05, 4.69) is 16.4 Å². The van der Waals surface area contributed by atoms with Gasteiger partial charge in [0.25, 0.3) is 0 Å². The maximum atomic E-state index is 11.2. The molecule has 0 atom stereocenters. The highest BCUT2D eigenvalue weighted by molar-refractivity contribution is 7.22. The van der Waals surface area contributed by atoms with Gasteiger partial charge in [-0.3, -0.25) is 4.79 Å². The second-order valence-corrected chi connectivity index (χ2v) is 4.64. The lowest BCUT2D eigenvalue weighted by atomic mass is 10.0. The number of benzene rings is 1. The van der Waals surface area contributed by atoms with Gasteiger partial charge in [-0.2, -0.15) is 0 Å². The Bertz CT molecular complexity index is 561. The lowest BCUT2D eigenvalue weighted by Crippen LogP contribution is -2.18. The Hall–Kier alpha value is -1.62. The quantitative estimate of drug-likeness (QED) is 0.709. The summed E-state index contributed by atoms with van der Waals surface area (Å²) < 4.78 is 1.09. The Morgan fingerprint density at radius 2 is 2.27 bits per heavy atom. The molecule has 0 spiro atoms. The molecule has 1 aliphatic rings. The van der Waals surface area contributed by atoms with Crippen molar-refractivity contribution < 1.29 is 4.79 Å². The maximum absolute atomic E-state index is 11.2. The van der Waals surface area contributed by atoms with Crippen LogP contribution >= 0.6 is 11.3 Å². The standard InChI is InChI=1S/C10H9N3OS/c11-10-13-7-4-6-5(3-8(7)15-10)1-2-9(14)12-6/h3-4H,1-2H2,(H2,11,13)(H,12,14). The predicted molar refractivity (Wildman–Crippen MR) is 61.0 cm³/mol. The summed E-state index contributed by atoms with van der Waals surface area (Å²) in [5, 5.41) is 3.41. The molecule has 2 heterocycles. The lowest BCUT2D eigenvalue weighted by molar-refractivity contribution is -0.116. The van der Waals surface area contributed by atoms with Crippen LogP contribution in [0.2, 0.25) is 0 Å². The molecule has 0 radical (unpaired) electrons. The molecule has 0 fully saturated rings. The first-order chi connectivity index (χ1) is 7.22. The number of thiazole rings is 1. The summed E-state index contributed by atoms with van der Waals surface area (Å²) in [5.74, 6) is 0.0741. The highest BCUT2D eigenvalue weighted by Crippen LogP contribution is 2.31. The van der Waals surface area contributed by atoms with Crippen molar-refractivity contribution in [2.75, 3.05) is 11.1 Å². The van der Waals surface area contributed by atoms with E-state index < -0.39 is 0 Å². The average Bonchev–Trinajstić information content (AvgIpc) is 2.53. The highest BCUT2D eigenvalue weighted by atomic mass is 32.1. The molecule has 0 saturated heterocycles. The number of aromatic nitrogens is 1. The zero-order valence-corrected chi connectivity index (χ0v) is 8.73. The van der Waals surface area contributed by atoms with Crippen LogP contribution in [0.5, 0.6) is 0 Å². The van der Waals surface area contributed by atoms with E-state index in [9.17, 15) is 4.79 Å². The van der Waals surface area contributed by atoms with Crippen molar-refractivity contribution in [2.45, 2.75) is 12.8 Å². The van der Waals surface area contributed by atoms with Gasteiger partial charge >= 0.3 is 0 Å². The number of hydrogen-bond acceptors (Lipinski definition) is 4. The number of carbonyl (C=O) groups excluding carboxylic acids is 1. The van der Waals surface area contributed by atoms with Gasteiger partial charge < -0.3 is 11.1 Å². The van der Waals surface area contributed by atoms with Crippen LogP contribution in [-0.2, 0) is 11.2 Å². The van der Waals surface area contributed by atoms with Gasteiger partial charge in [-0.1, -0.05) is 11.3 Å². The fourth-order valence-corrected chi connectivity index (χ4v) is 2.60. The van der Waals surface area contributed by atoms with Crippen LogP contribution in [0.4, 0.5) is 10.8 Å². The first-order valence-electron chi connectivity index (χ1n) is 4.71. The number of aryl methyl sites for hydroxylation is 1. The van der Waals surface area contributed by atoms with Crippen molar-refractivity contribution in [3.05, 3.63) is 17.7 Å². The molecule has 4 nitrogen and oxygen atoms in total. The average molecular weight is 219 g/mol. The van der Waals surface area contributed by atoms with Gasteiger partial charge in [0.15, 0.2) is 5.13 Å². The van der Waals surface area contributed by atoms with Gasteiger partial charge in [-0.15, -0.1) is 0 Å². The van der Waals surface area contributed by atoms with Crippen LogP contribution in [0.25, 0.3) is 10.2 Å². The summed E-state index contributed by atoms with van der Waals surface area (Å²) in [6.45, 7) is 0. The summed E-state index contributed by atoms with van der Waals surface area (Å²) in [4.78, 5) is 15.4. The van der Waals surface area contributed by atoms with Gasteiger partial charge in [0.2, 0.25) is 5.91 Å². The van der Waals surface area contributed by atoms with E-state index in [0.717, 1.165) is 22.3 Å². The Morgan fingerprint density at radius 1 is 1.40 bits per heavy atom. The molecule has 0 aliphatic carbocycles. The number of anilines is 2. The van der Waals surface area contributed by atoms with Gasteiger partial charge in [0.05, 0.1) is 10.2 Å². The Morgan fingerprint density at radius 3 is 3.13 bits per heavy atom. The molecule has 15 heavy (non-hydrogen) atoms. The summed E-state index contributed by atoms with van der Waals surface area (Å²) in [5.41, 5.74) is 8.55. The first kappa shape index (κ1) is 8.67. The minimum atomic E-state index is 0.0741. The van der Waals surface area contributed by atoms with Crippen LogP contribution in [-0.4, -0.2) is 10.9 Å². The summed E-state index contributed by atoms with van der Waals surface area (Å²) >= 11 is 1.48. The predicted octanol–water partition coefficient (Wildman–Crippen LogP) is 1.76. The number of carbonyl (C=O) groups is 1. The molecule has 1 aromatic carbocycles. The van der Waals surface area contributed by atoms with Gasteiger partial charge in [0.1, 0.15) is 0 Å². The zero-order chi connectivity index (χ0) is 10.4. The fraction of sp³-hybridized carbons (Fsp3) is 0.200. The number of fused-ring (bicyclic) bond motifs is 2. The molecule has 1 aliphatic heterocycles. The third-order valence-corrected chi connectivity index (χ3v) is 3.37. The molecular formula is C10H9N3OS. The van der Waals surface area contributed by atoms with Gasteiger partial charge in [-0.05, 0) is 24.1 Å².